The molecule has 0 saturated carbocycles. The molecule has 10 heteroatoms. The Morgan fingerprint density at radius 1 is 1.30 bits per heavy atom. The lowest BCUT2D eigenvalue weighted by atomic mass is 10.0. The van der Waals surface area contributed by atoms with Crippen LogP contribution in [0, 0.1) is 0 Å². The Morgan fingerprint density at radius 3 is 2.73 bits per heavy atom. The molecule has 1 aromatic carbocycles. The van der Waals surface area contributed by atoms with Crippen LogP contribution in [0.2, 0.25) is 0 Å². The first kappa shape index (κ1) is 24.0. The van der Waals surface area contributed by atoms with E-state index in [-0.39, 0.29) is 16.6 Å². The molecule has 1 spiro atoms. The van der Waals surface area contributed by atoms with Crippen LogP contribution in [0.1, 0.15) is 25.8 Å². The van der Waals surface area contributed by atoms with Gasteiger partial charge in [-0.05, 0) is 25.5 Å². The summed E-state index contributed by atoms with van der Waals surface area (Å²) in [6.07, 6.45) is 2.65. The second-order valence-corrected chi connectivity index (χ2v) is 11.6. The van der Waals surface area contributed by atoms with Crippen LogP contribution < -0.4 is 5.32 Å². The molecule has 0 radical (unpaired) electrons. The van der Waals surface area contributed by atoms with E-state index in [1.807, 2.05) is 30.5 Å². The SMILES string of the molecule is CCOC(=O)C(Cc1c[nH]c2ccccc12)N[C@@H](C)C(=O)N1CC2(CC1C(=O)O)SCCS2. The number of carboxylic acids is 1. The number of H-pyrrole nitrogens is 1. The lowest BCUT2D eigenvalue weighted by Gasteiger charge is -2.28. The Labute approximate surface area is 201 Å². The molecule has 2 fully saturated rings. The fourth-order valence-electron chi connectivity index (χ4n) is 4.59. The van der Waals surface area contributed by atoms with E-state index in [2.05, 4.69) is 10.3 Å². The van der Waals surface area contributed by atoms with Gasteiger partial charge in [-0.15, -0.1) is 23.5 Å². The molecule has 2 aliphatic heterocycles. The highest BCUT2D eigenvalue weighted by molar-refractivity contribution is 8.21. The number of nitrogens with zero attached hydrogens (tertiary/aromatic N) is 1. The molecule has 3 heterocycles. The lowest BCUT2D eigenvalue weighted by molar-refractivity contribution is -0.150. The summed E-state index contributed by atoms with van der Waals surface area (Å²) in [7, 11) is 0. The van der Waals surface area contributed by atoms with Gasteiger partial charge in [-0.3, -0.25) is 14.9 Å². The average molecular weight is 492 g/mol. The number of carboxylic acid groups (broad SMARTS) is 1. The summed E-state index contributed by atoms with van der Waals surface area (Å²) in [5, 5.41) is 13.9. The summed E-state index contributed by atoms with van der Waals surface area (Å²) >= 11 is 3.49. The predicted molar refractivity (Wildman–Crippen MR) is 130 cm³/mol. The number of fused-ring (bicyclic) bond motifs is 1. The third kappa shape index (κ3) is 5.02. The number of aliphatic carboxylic acids is 1. The number of rotatable bonds is 8. The number of amides is 1. The molecule has 2 aromatic rings. The quantitative estimate of drug-likeness (QED) is 0.483. The average Bonchev–Trinajstić information content (AvgIpc) is 3.52. The van der Waals surface area contributed by atoms with Crippen molar-refractivity contribution < 1.29 is 24.2 Å². The fourth-order valence-corrected chi connectivity index (χ4v) is 7.85. The topological polar surface area (TPSA) is 112 Å². The normalized spacial score (nSPS) is 21.4. The van der Waals surface area contributed by atoms with Gasteiger partial charge in [0.05, 0.1) is 16.7 Å². The number of aromatic nitrogens is 1. The molecule has 8 nitrogen and oxygen atoms in total. The van der Waals surface area contributed by atoms with Crippen molar-refractivity contribution in [1.82, 2.24) is 15.2 Å². The molecule has 4 rings (SSSR count). The second kappa shape index (κ2) is 9.99. The first-order chi connectivity index (χ1) is 15.8. The van der Waals surface area contributed by atoms with E-state index in [0.717, 1.165) is 28.0 Å². The van der Waals surface area contributed by atoms with Crippen LogP contribution in [0.5, 0.6) is 0 Å². The van der Waals surface area contributed by atoms with Gasteiger partial charge in [-0.1, -0.05) is 18.2 Å². The van der Waals surface area contributed by atoms with Crippen LogP contribution in [-0.4, -0.2) is 79.7 Å². The summed E-state index contributed by atoms with van der Waals surface area (Å²) < 4.78 is 5.02. The monoisotopic (exact) mass is 491 g/mol. The molecule has 1 aromatic heterocycles. The highest BCUT2D eigenvalue weighted by Crippen LogP contribution is 2.51. The van der Waals surface area contributed by atoms with Crippen LogP contribution in [0.4, 0.5) is 0 Å². The number of para-hydroxylation sites is 1. The van der Waals surface area contributed by atoms with Crippen molar-refractivity contribution in [2.45, 2.75) is 48.9 Å². The van der Waals surface area contributed by atoms with E-state index in [0.29, 0.717) is 19.4 Å². The Bertz CT molecular complexity index is 1040. The number of hydrogen-bond acceptors (Lipinski definition) is 7. The lowest BCUT2D eigenvalue weighted by Crippen LogP contribution is -2.54. The third-order valence-electron chi connectivity index (χ3n) is 6.17. The highest BCUT2D eigenvalue weighted by Gasteiger charge is 2.52. The van der Waals surface area contributed by atoms with Gasteiger partial charge in [-0.2, -0.15) is 0 Å². The van der Waals surface area contributed by atoms with Crippen molar-refractivity contribution >= 4 is 52.3 Å². The maximum atomic E-state index is 13.4. The van der Waals surface area contributed by atoms with Gasteiger partial charge < -0.3 is 19.7 Å². The summed E-state index contributed by atoms with van der Waals surface area (Å²) in [5.41, 5.74) is 1.91. The Kier molecular flexibility index (Phi) is 7.25. The molecule has 2 saturated heterocycles. The van der Waals surface area contributed by atoms with Crippen molar-refractivity contribution in [3.63, 3.8) is 0 Å². The summed E-state index contributed by atoms with van der Waals surface area (Å²) in [4.78, 5) is 42.7. The van der Waals surface area contributed by atoms with Crippen molar-refractivity contribution in [1.29, 1.82) is 0 Å². The number of likely N-dealkylation sites (tertiary alicyclic amines) is 1. The van der Waals surface area contributed by atoms with Gasteiger partial charge in [0.15, 0.2) is 0 Å². The van der Waals surface area contributed by atoms with Gasteiger partial charge in [0.25, 0.3) is 0 Å². The Morgan fingerprint density at radius 2 is 2.03 bits per heavy atom. The number of carbonyl (C=O) groups excluding carboxylic acids is 2. The zero-order valence-corrected chi connectivity index (χ0v) is 20.3. The number of ether oxygens (including phenoxy) is 1. The minimum atomic E-state index is -0.985. The van der Waals surface area contributed by atoms with Crippen molar-refractivity contribution in [2.24, 2.45) is 0 Å². The van der Waals surface area contributed by atoms with E-state index in [9.17, 15) is 19.5 Å². The molecule has 0 bridgehead atoms. The molecular formula is C23H29N3O5S2. The van der Waals surface area contributed by atoms with Gasteiger partial charge in [0.2, 0.25) is 5.91 Å². The molecule has 3 atom stereocenters. The number of carbonyl (C=O) groups is 3. The van der Waals surface area contributed by atoms with Crippen LogP contribution in [0.3, 0.4) is 0 Å². The van der Waals surface area contributed by atoms with E-state index in [1.54, 1.807) is 37.4 Å². The fraction of sp³-hybridized carbons (Fsp3) is 0.522. The van der Waals surface area contributed by atoms with E-state index >= 15 is 0 Å². The van der Waals surface area contributed by atoms with Crippen molar-refractivity contribution in [3.05, 3.63) is 36.0 Å². The van der Waals surface area contributed by atoms with Crippen LogP contribution in [0.25, 0.3) is 10.9 Å². The Hall–Kier alpha value is -2.17. The first-order valence-corrected chi connectivity index (χ1v) is 13.1. The summed E-state index contributed by atoms with van der Waals surface area (Å²) in [5.74, 6) is 0.198. The number of esters is 1. The van der Waals surface area contributed by atoms with Gasteiger partial charge in [-0.25, -0.2) is 4.79 Å². The molecule has 3 N–H and O–H groups in total. The molecule has 2 unspecified atom stereocenters. The predicted octanol–water partition coefficient (Wildman–Crippen LogP) is 2.48. The Balaban J connectivity index is 1.51. The number of aromatic amines is 1. The highest BCUT2D eigenvalue weighted by atomic mass is 32.2. The van der Waals surface area contributed by atoms with Crippen molar-refractivity contribution in [3.8, 4) is 0 Å². The van der Waals surface area contributed by atoms with Crippen LogP contribution >= 0.6 is 23.5 Å². The molecule has 1 amide bonds. The summed E-state index contributed by atoms with van der Waals surface area (Å²) in [6.45, 7) is 4.06. The standard InChI is InChI=1S/C23H29N3O5S2/c1-3-31-22(30)18(10-15-12-24-17-7-5-4-6-16(15)17)25-14(2)20(27)26-13-23(32-8-9-33-23)11-19(26)21(28)29/h4-7,12,14,18-19,24-25H,3,8-11,13H2,1-2H3,(H,28,29)/t14-,18?,19?/m0/s1. The van der Waals surface area contributed by atoms with Crippen molar-refractivity contribution in [2.75, 3.05) is 24.7 Å². The van der Waals surface area contributed by atoms with E-state index in [4.69, 9.17) is 4.74 Å². The zero-order chi connectivity index (χ0) is 23.6. The summed E-state index contributed by atoms with van der Waals surface area (Å²) in [6, 6.07) is 5.49. The molecule has 0 aliphatic carbocycles. The number of benzene rings is 1. The number of hydrogen-bond donors (Lipinski definition) is 3. The first-order valence-electron chi connectivity index (χ1n) is 11.1. The second-order valence-electron chi connectivity index (χ2n) is 8.39. The molecule has 178 valence electrons. The zero-order valence-electron chi connectivity index (χ0n) is 18.7. The molecule has 33 heavy (non-hydrogen) atoms. The minimum Gasteiger partial charge on any atom is -0.480 e. The van der Waals surface area contributed by atoms with Crippen LogP contribution in [0.15, 0.2) is 30.5 Å². The van der Waals surface area contributed by atoms with Gasteiger partial charge in [0, 0.05) is 48.0 Å². The largest absolute Gasteiger partial charge is 0.480 e. The number of thioether (sulfide) groups is 2. The van der Waals surface area contributed by atoms with E-state index in [1.165, 1.54) is 4.90 Å². The number of nitrogens with one attached hydrogen (secondary N) is 2. The minimum absolute atomic E-state index is 0.234. The maximum absolute atomic E-state index is 13.4. The molecular weight excluding hydrogens is 462 g/mol. The third-order valence-corrected chi connectivity index (χ3v) is 9.59. The van der Waals surface area contributed by atoms with Gasteiger partial charge >= 0.3 is 11.9 Å². The van der Waals surface area contributed by atoms with E-state index < -0.39 is 30.1 Å². The smallest absolute Gasteiger partial charge is 0.326 e. The van der Waals surface area contributed by atoms with Crippen LogP contribution in [-0.2, 0) is 25.5 Å². The maximum Gasteiger partial charge on any atom is 0.326 e. The molecule has 2 aliphatic rings. The van der Waals surface area contributed by atoms with Gasteiger partial charge in [0.1, 0.15) is 12.1 Å².